The van der Waals surface area contributed by atoms with Gasteiger partial charge in [-0.2, -0.15) is 0 Å². The summed E-state index contributed by atoms with van der Waals surface area (Å²) in [5, 5.41) is 3.35. The number of benzene rings is 1. The quantitative estimate of drug-likeness (QED) is 0.785. The number of nitrogens with one attached hydrogen (secondary N) is 1. The summed E-state index contributed by atoms with van der Waals surface area (Å²) >= 11 is 5.83. The van der Waals surface area contributed by atoms with Gasteiger partial charge in [0.2, 0.25) is 5.91 Å². The maximum absolute atomic E-state index is 11.2. The topological polar surface area (TPSA) is 64.3 Å². The summed E-state index contributed by atoms with van der Waals surface area (Å²) < 4.78 is 5.51. The van der Waals surface area contributed by atoms with Crippen LogP contribution in [0, 0.1) is 6.92 Å². The predicted octanol–water partition coefficient (Wildman–Crippen LogP) is 1.49. The van der Waals surface area contributed by atoms with Gasteiger partial charge in [-0.25, -0.2) is 0 Å². The minimum Gasteiger partial charge on any atom is -0.491 e. The number of aryl methyl sites for hydroxylation is 1. The van der Waals surface area contributed by atoms with Gasteiger partial charge in [-0.15, -0.1) is 0 Å². The Morgan fingerprint density at radius 2 is 2.29 bits per heavy atom. The molecule has 0 saturated carbocycles. The van der Waals surface area contributed by atoms with Crippen molar-refractivity contribution >= 4 is 17.5 Å². The van der Waals surface area contributed by atoms with Gasteiger partial charge in [-0.05, 0) is 37.6 Å². The average molecular weight is 257 g/mol. The third-order valence-electron chi connectivity index (χ3n) is 2.21. The second-order valence-electron chi connectivity index (χ2n) is 3.84. The molecule has 1 amide bonds. The molecule has 1 unspecified atom stereocenters. The fourth-order valence-electron chi connectivity index (χ4n) is 1.27. The molecule has 0 aliphatic rings. The molecule has 0 saturated heterocycles. The highest BCUT2D eigenvalue weighted by Gasteiger charge is 2.06. The number of hydrogen-bond acceptors (Lipinski definition) is 3. The van der Waals surface area contributed by atoms with Crippen LogP contribution in [0.5, 0.6) is 5.75 Å². The van der Waals surface area contributed by atoms with Crippen molar-refractivity contribution < 1.29 is 9.53 Å². The molecule has 0 aliphatic carbocycles. The van der Waals surface area contributed by atoms with E-state index in [1.165, 1.54) is 0 Å². The fourth-order valence-corrected chi connectivity index (χ4v) is 1.50. The van der Waals surface area contributed by atoms with Crippen LogP contribution in [0.25, 0.3) is 0 Å². The van der Waals surface area contributed by atoms with E-state index < -0.39 is 6.04 Å². The molecule has 0 fully saturated rings. The van der Waals surface area contributed by atoms with Gasteiger partial charge in [0.1, 0.15) is 12.4 Å². The number of ether oxygens (including phenoxy) is 1. The van der Waals surface area contributed by atoms with E-state index in [1.807, 2.05) is 19.1 Å². The monoisotopic (exact) mass is 256 g/mol. The number of carbonyl (C=O) groups is 1. The van der Waals surface area contributed by atoms with Crippen molar-refractivity contribution in [2.75, 3.05) is 13.2 Å². The highest BCUT2D eigenvalue weighted by atomic mass is 35.5. The number of carbonyl (C=O) groups excluding carboxylic acids is 1. The Morgan fingerprint density at radius 3 is 2.88 bits per heavy atom. The van der Waals surface area contributed by atoms with Gasteiger partial charge in [0.25, 0.3) is 0 Å². The van der Waals surface area contributed by atoms with Crippen molar-refractivity contribution in [2.24, 2.45) is 5.73 Å². The summed E-state index contributed by atoms with van der Waals surface area (Å²) in [6.45, 7) is 4.39. The average Bonchev–Trinajstić information content (AvgIpc) is 2.26. The molecule has 0 bridgehead atoms. The summed E-state index contributed by atoms with van der Waals surface area (Å²) in [7, 11) is 0. The van der Waals surface area contributed by atoms with E-state index in [4.69, 9.17) is 22.1 Å². The third-order valence-corrected chi connectivity index (χ3v) is 2.44. The number of halogens is 1. The van der Waals surface area contributed by atoms with E-state index in [0.29, 0.717) is 18.2 Å². The van der Waals surface area contributed by atoms with Crippen LogP contribution in [0.4, 0.5) is 0 Å². The first-order valence-corrected chi connectivity index (χ1v) is 5.80. The standard InChI is InChI=1S/C12H17ClN2O2/c1-8-7-10(13)3-4-11(8)17-6-5-15-12(16)9(2)14/h3-4,7,9H,5-6,14H2,1-2H3,(H,15,16). The van der Waals surface area contributed by atoms with Crippen LogP contribution in [0.15, 0.2) is 18.2 Å². The molecule has 17 heavy (non-hydrogen) atoms. The second-order valence-corrected chi connectivity index (χ2v) is 4.27. The number of nitrogens with two attached hydrogens (primary N) is 1. The van der Waals surface area contributed by atoms with E-state index in [9.17, 15) is 4.79 Å². The highest BCUT2D eigenvalue weighted by Crippen LogP contribution is 2.21. The summed E-state index contributed by atoms with van der Waals surface area (Å²) in [5.41, 5.74) is 6.37. The van der Waals surface area contributed by atoms with Crippen molar-refractivity contribution in [1.29, 1.82) is 0 Å². The molecule has 0 heterocycles. The summed E-state index contributed by atoms with van der Waals surface area (Å²) in [5.74, 6) is 0.589. The zero-order chi connectivity index (χ0) is 12.8. The maximum atomic E-state index is 11.2. The zero-order valence-electron chi connectivity index (χ0n) is 10.00. The summed E-state index contributed by atoms with van der Waals surface area (Å²) in [6, 6.07) is 4.92. The SMILES string of the molecule is Cc1cc(Cl)ccc1OCCNC(=O)C(C)N. The minimum atomic E-state index is -0.493. The first-order chi connectivity index (χ1) is 8.00. The van der Waals surface area contributed by atoms with E-state index in [0.717, 1.165) is 11.3 Å². The molecule has 0 aromatic heterocycles. The van der Waals surface area contributed by atoms with Crippen molar-refractivity contribution in [2.45, 2.75) is 19.9 Å². The van der Waals surface area contributed by atoms with E-state index in [2.05, 4.69) is 5.32 Å². The Bertz CT molecular complexity index is 394. The lowest BCUT2D eigenvalue weighted by Crippen LogP contribution is -2.40. The summed E-state index contributed by atoms with van der Waals surface area (Å²) in [4.78, 5) is 11.2. The van der Waals surface area contributed by atoms with Gasteiger partial charge in [0, 0.05) is 5.02 Å². The maximum Gasteiger partial charge on any atom is 0.236 e. The van der Waals surface area contributed by atoms with Gasteiger partial charge in [-0.3, -0.25) is 4.79 Å². The van der Waals surface area contributed by atoms with Crippen LogP contribution in [-0.4, -0.2) is 25.1 Å². The van der Waals surface area contributed by atoms with Gasteiger partial charge in [0.15, 0.2) is 0 Å². The lowest BCUT2D eigenvalue weighted by Gasteiger charge is -2.11. The zero-order valence-corrected chi connectivity index (χ0v) is 10.8. The van der Waals surface area contributed by atoms with Gasteiger partial charge in [-0.1, -0.05) is 11.6 Å². The van der Waals surface area contributed by atoms with Crippen LogP contribution in [0.3, 0.4) is 0 Å². The van der Waals surface area contributed by atoms with Crippen molar-refractivity contribution in [3.63, 3.8) is 0 Å². The van der Waals surface area contributed by atoms with Crippen LogP contribution < -0.4 is 15.8 Å². The molecule has 1 aromatic rings. The molecular weight excluding hydrogens is 240 g/mol. The van der Waals surface area contributed by atoms with Crippen molar-refractivity contribution in [3.8, 4) is 5.75 Å². The molecular formula is C12H17ClN2O2. The molecule has 1 rings (SSSR count). The van der Waals surface area contributed by atoms with Crippen LogP contribution in [0.1, 0.15) is 12.5 Å². The largest absolute Gasteiger partial charge is 0.491 e. The van der Waals surface area contributed by atoms with E-state index in [-0.39, 0.29) is 5.91 Å². The Balaban J connectivity index is 2.34. The fraction of sp³-hybridized carbons (Fsp3) is 0.417. The molecule has 4 nitrogen and oxygen atoms in total. The van der Waals surface area contributed by atoms with Crippen LogP contribution in [0.2, 0.25) is 5.02 Å². The first-order valence-electron chi connectivity index (χ1n) is 5.43. The lowest BCUT2D eigenvalue weighted by molar-refractivity contribution is -0.122. The van der Waals surface area contributed by atoms with Crippen LogP contribution >= 0.6 is 11.6 Å². The molecule has 0 aliphatic heterocycles. The van der Waals surface area contributed by atoms with E-state index in [1.54, 1.807) is 13.0 Å². The molecule has 94 valence electrons. The normalized spacial score (nSPS) is 12.0. The molecule has 5 heteroatoms. The third kappa shape index (κ3) is 4.63. The smallest absolute Gasteiger partial charge is 0.236 e. The minimum absolute atomic E-state index is 0.179. The molecule has 1 aromatic carbocycles. The highest BCUT2D eigenvalue weighted by molar-refractivity contribution is 6.30. The number of hydrogen-bond donors (Lipinski definition) is 2. The lowest BCUT2D eigenvalue weighted by atomic mass is 10.2. The Labute approximate surface area is 106 Å². The van der Waals surface area contributed by atoms with E-state index >= 15 is 0 Å². The van der Waals surface area contributed by atoms with Gasteiger partial charge in [0.05, 0.1) is 12.6 Å². The first kappa shape index (κ1) is 13.8. The predicted molar refractivity (Wildman–Crippen MR) is 68.3 cm³/mol. The molecule has 3 N–H and O–H groups in total. The van der Waals surface area contributed by atoms with Gasteiger partial charge < -0.3 is 15.8 Å². The van der Waals surface area contributed by atoms with Crippen LogP contribution in [-0.2, 0) is 4.79 Å². The van der Waals surface area contributed by atoms with Gasteiger partial charge >= 0.3 is 0 Å². The molecule has 0 spiro atoms. The number of rotatable bonds is 5. The Kier molecular flexibility index (Phi) is 5.25. The molecule has 1 atom stereocenters. The second kappa shape index (κ2) is 6.47. The summed E-state index contributed by atoms with van der Waals surface area (Å²) in [6.07, 6.45) is 0. The Morgan fingerprint density at radius 1 is 1.59 bits per heavy atom. The van der Waals surface area contributed by atoms with Crippen molar-refractivity contribution in [3.05, 3.63) is 28.8 Å². The number of amides is 1. The molecule has 0 radical (unpaired) electrons. The Hall–Kier alpha value is -1.26. The van der Waals surface area contributed by atoms with Crippen molar-refractivity contribution in [1.82, 2.24) is 5.32 Å².